The molecule has 3 heterocycles. The fourth-order valence-corrected chi connectivity index (χ4v) is 6.14. The van der Waals surface area contributed by atoms with Crippen molar-refractivity contribution in [3.63, 3.8) is 0 Å². The summed E-state index contributed by atoms with van der Waals surface area (Å²) in [7, 11) is 0. The van der Waals surface area contributed by atoms with Crippen LogP contribution >= 0.6 is 23.2 Å². The predicted molar refractivity (Wildman–Crippen MR) is 151 cm³/mol. The van der Waals surface area contributed by atoms with Crippen LogP contribution in [0.15, 0.2) is 66.7 Å². The molecule has 2 amide bonds. The van der Waals surface area contributed by atoms with Gasteiger partial charge in [-0.05, 0) is 59.2 Å². The van der Waals surface area contributed by atoms with Gasteiger partial charge in [0.05, 0.1) is 19.3 Å². The molecule has 0 aromatic heterocycles. The molecular weight excluding hydrogens is 535 g/mol. The highest BCUT2D eigenvalue weighted by molar-refractivity contribution is 6.32. The van der Waals surface area contributed by atoms with Crippen LogP contribution in [0.25, 0.3) is 5.57 Å². The lowest BCUT2D eigenvalue weighted by Crippen LogP contribution is -2.52. The monoisotopic (exact) mass is 558 g/mol. The maximum atomic E-state index is 14.3. The van der Waals surface area contributed by atoms with Crippen molar-refractivity contribution in [2.24, 2.45) is 0 Å². The summed E-state index contributed by atoms with van der Waals surface area (Å²) in [5.74, 6) is 2.57. The number of anilines is 1. The summed E-state index contributed by atoms with van der Waals surface area (Å²) in [6.07, 6.45) is 8.65. The van der Waals surface area contributed by atoms with E-state index in [2.05, 4.69) is 16.6 Å². The van der Waals surface area contributed by atoms with Gasteiger partial charge in [0.2, 0.25) is 11.8 Å². The molecule has 3 aromatic rings. The van der Waals surface area contributed by atoms with Crippen LogP contribution in [0.5, 0.6) is 5.75 Å². The maximum absolute atomic E-state index is 14.3. The van der Waals surface area contributed by atoms with Crippen molar-refractivity contribution in [3.05, 3.63) is 99.0 Å². The number of carbonyl (C=O) groups is 2. The van der Waals surface area contributed by atoms with Crippen LogP contribution in [-0.2, 0) is 19.7 Å². The van der Waals surface area contributed by atoms with Crippen LogP contribution in [0.4, 0.5) is 5.69 Å². The number of amides is 2. The topological polar surface area (TPSA) is 76.7 Å². The minimum Gasteiger partial charge on any atom is -0.490 e. The van der Waals surface area contributed by atoms with Gasteiger partial charge in [-0.15, -0.1) is 6.42 Å². The highest BCUT2D eigenvalue weighted by Gasteiger charge is 2.58. The van der Waals surface area contributed by atoms with Gasteiger partial charge in [0.15, 0.2) is 0 Å². The lowest BCUT2D eigenvalue weighted by molar-refractivity contribution is -0.122. The lowest BCUT2D eigenvalue weighted by Gasteiger charge is -2.42. The summed E-state index contributed by atoms with van der Waals surface area (Å²) in [6, 6.07) is 17.0. The van der Waals surface area contributed by atoms with Gasteiger partial charge >= 0.3 is 0 Å². The van der Waals surface area contributed by atoms with Crippen molar-refractivity contribution < 1.29 is 19.1 Å². The second-order valence-electron chi connectivity index (χ2n) is 9.79. The Labute approximate surface area is 236 Å². The van der Waals surface area contributed by atoms with Crippen LogP contribution in [0.2, 0.25) is 10.0 Å². The van der Waals surface area contributed by atoms with E-state index in [1.54, 1.807) is 36.4 Å². The van der Waals surface area contributed by atoms with E-state index in [-0.39, 0.29) is 17.9 Å². The standard InChI is InChI=1S/C31H24Cl2N2O4/c1-2-18-6-9-27(39-22-10-12-38-13-11-22)23(14-18)29-31(24-8-7-21(33)16-26(24)34-30(31)37)25(17-28(36)35-29)19-4-3-5-20(32)15-19/h1,3-9,14-17,22,29H,10-13H2,(H,34,37)(H,35,36). The number of terminal acetylenes is 1. The molecule has 0 aliphatic carbocycles. The number of ether oxygens (including phenoxy) is 2. The zero-order chi connectivity index (χ0) is 27.1. The van der Waals surface area contributed by atoms with Crippen molar-refractivity contribution in [2.75, 3.05) is 18.5 Å². The normalized spacial score (nSPS) is 22.5. The number of nitrogens with one attached hydrogen (secondary N) is 2. The predicted octanol–water partition coefficient (Wildman–Crippen LogP) is 5.68. The Balaban J connectivity index is 1.61. The van der Waals surface area contributed by atoms with E-state index in [1.165, 1.54) is 6.08 Å². The molecule has 0 bridgehead atoms. The number of halogens is 2. The van der Waals surface area contributed by atoms with Gasteiger partial charge in [0.1, 0.15) is 17.3 Å². The van der Waals surface area contributed by atoms with Crippen molar-refractivity contribution in [1.29, 1.82) is 0 Å². The second kappa shape index (κ2) is 10.1. The molecule has 3 aromatic carbocycles. The fourth-order valence-electron chi connectivity index (χ4n) is 5.78. The Bertz CT molecular complexity index is 1570. The van der Waals surface area contributed by atoms with Gasteiger partial charge in [-0.2, -0.15) is 0 Å². The molecule has 2 atom stereocenters. The number of carbonyl (C=O) groups excluding carboxylic acids is 2. The van der Waals surface area contributed by atoms with Crippen molar-refractivity contribution in [1.82, 2.24) is 5.32 Å². The molecule has 2 unspecified atom stereocenters. The van der Waals surface area contributed by atoms with Crippen LogP contribution in [0.1, 0.15) is 41.1 Å². The summed E-state index contributed by atoms with van der Waals surface area (Å²) in [5, 5.41) is 7.06. The van der Waals surface area contributed by atoms with Gasteiger partial charge in [-0.25, -0.2) is 0 Å². The van der Waals surface area contributed by atoms with Crippen LogP contribution in [0.3, 0.4) is 0 Å². The van der Waals surface area contributed by atoms with Crippen LogP contribution < -0.4 is 15.4 Å². The lowest BCUT2D eigenvalue weighted by atomic mass is 9.63. The molecule has 1 spiro atoms. The van der Waals surface area contributed by atoms with E-state index in [1.807, 2.05) is 24.3 Å². The third-order valence-electron chi connectivity index (χ3n) is 7.52. The second-order valence-corrected chi connectivity index (χ2v) is 10.7. The summed E-state index contributed by atoms with van der Waals surface area (Å²) in [4.78, 5) is 27.6. The molecule has 3 aliphatic heterocycles. The molecule has 6 rings (SSSR count). The number of rotatable bonds is 4. The van der Waals surface area contributed by atoms with E-state index < -0.39 is 11.5 Å². The average Bonchev–Trinajstić information content (AvgIpc) is 3.21. The first-order chi connectivity index (χ1) is 18.9. The highest BCUT2D eigenvalue weighted by atomic mass is 35.5. The van der Waals surface area contributed by atoms with Crippen molar-refractivity contribution >= 4 is 46.3 Å². The van der Waals surface area contributed by atoms with Gasteiger partial charge in [0.25, 0.3) is 0 Å². The summed E-state index contributed by atoms with van der Waals surface area (Å²) in [6.45, 7) is 1.20. The van der Waals surface area contributed by atoms with E-state index in [0.29, 0.717) is 62.5 Å². The number of fused-ring (bicyclic) bond motifs is 2. The Kier molecular flexibility index (Phi) is 6.60. The van der Waals surface area contributed by atoms with Crippen molar-refractivity contribution in [2.45, 2.75) is 30.4 Å². The molecule has 6 nitrogen and oxygen atoms in total. The Hall–Kier alpha value is -3.76. The molecule has 1 saturated heterocycles. The quantitative estimate of drug-likeness (QED) is 0.404. The van der Waals surface area contributed by atoms with Gasteiger partial charge in [-0.3, -0.25) is 9.59 Å². The van der Waals surface area contributed by atoms with Crippen LogP contribution in [0, 0.1) is 12.3 Å². The third-order valence-corrected chi connectivity index (χ3v) is 7.99. The van der Waals surface area contributed by atoms with Gasteiger partial charge < -0.3 is 20.1 Å². The number of hydrogen-bond acceptors (Lipinski definition) is 4. The largest absolute Gasteiger partial charge is 0.490 e. The first-order valence-electron chi connectivity index (χ1n) is 12.6. The molecule has 1 fully saturated rings. The van der Waals surface area contributed by atoms with Crippen molar-refractivity contribution in [3.8, 4) is 18.1 Å². The van der Waals surface area contributed by atoms with E-state index in [4.69, 9.17) is 39.1 Å². The van der Waals surface area contributed by atoms with Gasteiger partial charge in [0, 0.05) is 45.8 Å². The first-order valence-corrected chi connectivity index (χ1v) is 13.4. The Morgan fingerprint density at radius 1 is 1.00 bits per heavy atom. The smallest absolute Gasteiger partial charge is 0.244 e. The fraction of sp³-hybridized carbons (Fsp3) is 0.226. The zero-order valence-corrected chi connectivity index (χ0v) is 22.3. The SMILES string of the molecule is C#Cc1ccc(OC2CCOCC2)c(C2NC(=O)C=C(c3cccc(Cl)c3)C23C(=O)Nc2cc(Cl)ccc23)c1. The molecule has 8 heteroatoms. The molecule has 3 aliphatic rings. The molecule has 2 N–H and O–H groups in total. The number of benzene rings is 3. The zero-order valence-electron chi connectivity index (χ0n) is 20.8. The molecule has 196 valence electrons. The molecular formula is C31H24Cl2N2O4. The Morgan fingerprint density at radius 3 is 2.56 bits per heavy atom. The highest BCUT2D eigenvalue weighted by Crippen LogP contribution is 2.57. The summed E-state index contributed by atoms with van der Waals surface area (Å²) in [5.41, 5.74) is 2.26. The summed E-state index contributed by atoms with van der Waals surface area (Å²) < 4.78 is 12.0. The Morgan fingerprint density at radius 2 is 1.79 bits per heavy atom. The minimum atomic E-state index is -1.36. The van der Waals surface area contributed by atoms with E-state index >= 15 is 0 Å². The van der Waals surface area contributed by atoms with Gasteiger partial charge in [-0.1, -0.05) is 47.3 Å². The van der Waals surface area contributed by atoms with E-state index in [0.717, 1.165) is 12.8 Å². The minimum absolute atomic E-state index is 0.0733. The third kappa shape index (κ3) is 4.37. The number of hydrogen-bond donors (Lipinski definition) is 2. The average molecular weight is 559 g/mol. The molecule has 0 radical (unpaired) electrons. The summed E-state index contributed by atoms with van der Waals surface area (Å²) >= 11 is 12.7. The molecule has 0 saturated carbocycles. The maximum Gasteiger partial charge on any atom is 0.244 e. The van der Waals surface area contributed by atoms with E-state index in [9.17, 15) is 9.59 Å². The first kappa shape index (κ1) is 25.5. The molecule has 39 heavy (non-hydrogen) atoms. The van der Waals surface area contributed by atoms with Crippen LogP contribution in [-0.4, -0.2) is 31.1 Å².